The van der Waals surface area contributed by atoms with Gasteiger partial charge in [-0.05, 0) is 73.3 Å². The minimum Gasteiger partial charge on any atom is -0.472 e. The summed E-state index contributed by atoms with van der Waals surface area (Å²) in [5, 5.41) is 10.5. The zero-order chi connectivity index (χ0) is 16.0. The Morgan fingerprint density at radius 3 is 2.77 bits per heavy atom. The van der Waals surface area contributed by atoms with Gasteiger partial charge in [0.25, 0.3) is 0 Å². The Balaban J connectivity index is 1.85. The van der Waals surface area contributed by atoms with Gasteiger partial charge in [-0.15, -0.1) is 0 Å². The summed E-state index contributed by atoms with van der Waals surface area (Å²) in [6.45, 7) is 9.31. The smallest absolute Gasteiger partial charge is 0.0934 e. The largest absolute Gasteiger partial charge is 0.472 e. The maximum Gasteiger partial charge on any atom is 0.0934 e. The molecule has 1 fully saturated rings. The molecule has 0 spiro atoms. The van der Waals surface area contributed by atoms with E-state index in [1.807, 2.05) is 6.26 Å². The van der Waals surface area contributed by atoms with Crippen LogP contribution >= 0.6 is 0 Å². The quantitative estimate of drug-likeness (QED) is 0.799. The monoisotopic (exact) mass is 302 g/mol. The van der Waals surface area contributed by atoms with Gasteiger partial charge in [-0.25, -0.2) is 0 Å². The van der Waals surface area contributed by atoms with E-state index in [1.54, 1.807) is 11.8 Å². The van der Waals surface area contributed by atoms with E-state index in [0.29, 0.717) is 17.3 Å². The molecule has 2 aliphatic rings. The molecule has 1 saturated carbocycles. The van der Waals surface area contributed by atoms with Gasteiger partial charge >= 0.3 is 0 Å². The Morgan fingerprint density at radius 1 is 1.32 bits per heavy atom. The lowest BCUT2D eigenvalue weighted by atomic mass is 9.47. The van der Waals surface area contributed by atoms with Gasteiger partial charge in [-0.2, -0.15) is 0 Å². The normalized spacial score (nSPS) is 37.5. The second kappa shape index (κ2) is 5.56. The van der Waals surface area contributed by atoms with E-state index in [9.17, 15) is 5.11 Å². The van der Waals surface area contributed by atoms with Crippen LogP contribution in [-0.4, -0.2) is 11.2 Å². The standard InChI is InChI=1S/C20H30O2/c1-14-5-8-17-19(2,3)18(21)9-11-20(17,4)16(14)7-6-15-10-12-22-13-15/h5,10,12-13,16-18,21H,6-9,11H2,1-4H3. The maximum absolute atomic E-state index is 10.5. The molecular weight excluding hydrogens is 272 g/mol. The Hall–Kier alpha value is -1.02. The number of furan rings is 1. The molecule has 2 heteroatoms. The topological polar surface area (TPSA) is 33.4 Å². The summed E-state index contributed by atoms with van der Waals surface area (Å²) in [5.74, 6) is 1.19. The Morgan fingerprint density at radius 2 is 2.09 bits per heavy atom. The van der Waals surface area contributed by atoms with Crippen LogP contribution in [0.25, 0.3) is 0 Å². The molecule has 22 heavy (non-hydrogen) atoms. The molecule has 0 aliphatic heterocycles. The minimum absolute atomic E-state index is 0.0120. The second-order valence-corrected chi connectivity index (χ2v) is 8.34. The fourth-order valence-electron chi connectivity index (χ4n) is 5.34. The molecule has 1 N–H and O–H groups in total. The van der Waals surface area contributed by atoms with Crippen molar-refractivity contribution in [2.45, 2.75) is 65.9 Å². The molecule has 2 nitrogen and oxygen atoms in total. The van der Waals surface area contributed by atoms with Crippen LogP contribution in [-0.2, 0) is 6.42 Å². The number of hydrogen-bond donors (Lipinski definition) is 1. The van der Waals surface area contributed by atoms with Gasteiger partial charge in [0.15, 0.2) is 0 Å². The number of allylic oxidation sites excluding steroid dienone is 2. The average molecular weight is 302 g/mol. The van der Waals surface area contributed by atoms with E-state index in [-0.39, 0.29) is 11.5 Å². The van der Waals surface area contributed by atoms with Crippen molar-refractivity contribution < 1.29 is 9.52 Å². The first-order chi connectivity index (χ1) is 10.4. The molecule has 122 valence electrons. The number of fused-ring (bicyclic) bond motifs is 1. The molecule has 4 atom stereocenters. The Labute approximate surface area is 134 Å². The van der Waals surface area contributed by atoms with Crippen LogP contribution in [0, 0.1) is 22.7 Å². The van der Waals surface area contributed by atoms with Crippen LogP contribution in [0.5, 0.6) is 0 Å². The van der Waals surface area contributed by atoms with Gasteiger partial charge in [0.2, 0.25) is 0 Å². The average Bonchev–Trinajstić information content (AvgIpc) is 2.96. The summed E-state index contributed by atoms with van der Waals surface area (Å²) < 4.78 is 5.21. The maximum atomic E-state index is 10.5. The Bertz CT molecular complexity index is 540. The van der Waals surface area contributed by atoms with Crippen LogP contribution in [0.15, 0.2) is 34.7 Å². The van der Waals surface area contributed by atoms with E-state index in [2.05, 4.69) is 39.8 Å². The summed E-state index contributed by atoms with van der Waals surface area (Å²) in [6.07, 6.45) is 11.4. The van der Waals surface area contributed by atoms with Gasteiger partial charge in [0, 0.05) is 0 Å². The van der Waals surface area contributed by atoms with Gasteiger partial charge < -0.3 is 9.52 Å². The van der Waals surface area contributed by atoms with Crippen LogP contribution in [0.2, 0.25) is 0 Å². The van der Waals surface area contributed by atoms with E-state index in [0.717, 1.165) is 25.7 Å². The Kier molecular flexibility index (Phi) is 4.01. The summed E-state index contributed by atoms with van der Waals surface area (Å²) in [5.41, 5.74) is 3.17. The first-order valence-electron chi connectivity index (χ1n) is 8.71. The van der Waals surface area contributed by atoms with Crippen molar-refractivity contribution >= 4 is 0 Å². The number of aryl methyl sites for hydroxylation is 1. The second-order valence-electron chi connectivity index (χ2n) is 8.34. The first-order valence-corrected chi connectivity index (χ1v) is 8.71. The first kappa shape index (κ1) is 15.9. The van der Waals surface area contributed by atoms with Crippen molar-refractivity contribution in [1.82, 2.24) is 0 Å². The lowest BCUT2D eigenvalue weighted by Crippen LogP contribution is -2.54. The van der Waals surface area contributed by atoms with Gasteiger partial charge in [-0.1, -0.05) is 32.4 Å². The zero-order valence-electron chi connectivity index (χ0n) is 14.4. The highest BCUT2D eigenvalue weighted by atomic mass is 16.3. The van der Waals surface area contributed by atoms with Gasteiger partial charge in [0.05, 0.1) is 18.6 Å². The molecule has 1 heterocycles. The predicted octanol–water partition coefficient (Wildman–Crippen LogP) is 4.98. The highest BCUT2D eigenvalue weighted by molar-refractivity contribution is 5.20. The predicted molar refractivity (Wildman–Crippen MR) is 89.5 cm³/mol. The number of hydrogen-bond acceptors (Lipinski definition) is 2. The van der Waals surface area contributed by atoms with Crippen LogP contribution < -0.4 is 0 Å². The van der Waals surface area contributed by atoms with Crippen molar-refractivity contribution in [3.05, 3.63) is 35.8 Å². The summed E-state index contributed by atoms with van der Waals surface area (Å²) in [7, 11) is 0. The van der Waals surface area contributed by atoms with Crippen molar-refractivity contribution in [3.8, 4) is 0 Å². The highest BCUT2D eigenvalue weighted by Crippen LogP contribution is 2.60. The molecule has 0 radical (unpaired) electrons. The van der Waals surface area contributed by atoms with Crippen molar-refractivity contribution in [2.24, 2.45) is 22.7 Å². The third kappa shape index (κ3) is 2.46. The molecule has 0 aromatic carbocycles. The zero-order valence-corrected chi connectivity index (χ0v) is 14.4. The summed E-state index contributed by atoms with van der Waals surface area (Å²) in [4.78, 5) is 0. The van der Waals surface area contributed by atoms with Crippen LogP contribution in [0.4, 0.5) is 0 Å². The van der Waals surface area contributed by atoms with Crippen LogP contribution in [0.1, 0.15) is 58.9 Å². The third-order valence-electron chi connectivity index (χ3n) is 6.83. The molecule has 0 bridgehead atoms. The van der Waals surface area contributed by atoms with Gasteiger partial charge in [-0.3, -0.25) is 0 Å². The molecule has 0 amide bonds. The van der Waals surface area contributed by atoms with Crippen molar-refractivity contribution in [3.63, 3.8) is 0 Å². The molecule has 2 aliphatic carbocycles. The molecular formula is C20H30O2. The van der Waals surface area contributed by atoms with Crippen molar-refractivity contribution in [1.29, 1.82) is 0 Å². The van der Waals surface area contributed by atoms with Crippen molar-refractivity contribution in [2.75, 3.05) is 0 Å². The third-order valence-corrected chi connectivity index (χ3v) is 6.83. The van der Waals surface area contributed by atoms with E-state index >= 15 is 0 Å². The molecule has 3 rings (SSSR count). The molecule has 4 unspecified atom stereocenters. The lowest BCUT2D eigenvalue weighted by molar-refractivity contribution is -0.115. The molecule has 0 saturated heterocycles. The SMILES string of the molecule is CC1=CCC2C(C)(C)C(O)CCC2(C)C1CCc1ccoc1. The number of aliphatic hydroxyl groups excluding tert-OH is 1. The van der Waals surface area contributed by atoms with E-state index in [1.165, 1.54) is 12.0 Å². The molecule has 1 aromatic heterocycles. The fraction of sp³-hybridized carbons (Fsp3) is 0.700. The summed E-state index contributed by atoms with van der Waals surface area (Å²) >= 11 is 0. The summed E-state index contributed by atoms with van der Waals surface area (Å²) in [6, 6.07) is 2.08. The van der Waals surface area contributed by atoms with Crippen LogP contribution in [0.3, 0.4) is 0 Å². The lowest BCUT2D eigenvalue weighted by Gasteiger charge is -2.58. The minimum atomic E-state index is -0.160. The highest BCUT2D eigenvalue weighted by Gasteiger charge is 2.54. The number of rotatable bonds is 3. The molecule has 1 aromatic rings. The van der Waals surface area contributed by atoms with E-state index < -0.39 is 0 Å². The van der Waals surface area contributed by atoms with Gasteiger partial charge in [0.1, 0.15) is 0 Å². The van der Waals surface area contributed by atoms with E-state index in [4.69, 9.17) is 4.42 Å². The fourth-order valence-corrected chi connectivity index (χ4v) is 5.34. The number of aliphatic hydroxyl groups is 1.